The van der Waals surface area contributed by atoms with Crippen molar-refractivity contribution in [3.8, 4) is 11.1 Å². The Hall–Kier alpha value is -2.95. The van der Waals surface area contributed by atoms with Crippen molar-refractivity contribution in [3.05, 3.63) is 72.3 Å². The SMILES string of the molecule is Cc1cnn(CCC(=O)NC(C)c2ccc(-c3cccnc3)cc2)c1. The minimum absolute atomic E-state index is 0.0250. The molecule has 1 aromatic carbocycles. The fraction of sp³-hybridized carbons (Fsp3) is 0.250. The van der Waals surface area contributed by atoms with Gasteiger partial charge in [0.15, 0.2) is 0 Å². The normalized spacial score (nSPS) is 11.9. The highest BCUT2D eigenvalue weighted by Crippen LogP contribution is 2.21. The van der Waals surface area contributed by atoms with Crippen molar-refractivity contribution in [2.75, 3.05) is 0 Å². The summed E-state index contributed by atoms with van der Waals surface area (Å²) in [5.74, 6) is 0.0250. The van der Waals surface area contributed by atoms with E-state index in [1.165, 1.54) is 0 Å². The van der Waals surface area contributed by atoms with Crippen LogP contribution in [-0.4, -0.2) is 20.7 Å². The molecule has 1 amide bonds. The first-order valence-corrected chi connectivity index (χ1v) is 8.40. The van der Waals surface area contributed by atoms with Gasteiger partial charge in [0.2, 0.25) is 5.91 Å². The lowest BCUT2D eigenvalue weighted by molar-refractivity contribution is -0.122. The highest BCUT2D eigenvalue weighted by atomic mass is 16.1. The molecule has 0 fully saturated rings. The zero-order valence-electron chi connectivity index (χ0n) is 14.5. The predicted octanol–water partition coefficient (Wildman–Crippen LogP) is 3.52. The molecule has 0 aliphatic rings. The van der Waals surface area contributed by atoms with Crippen molar-refractivity contribution in [1.29, 1.82) is 0 Å². The van der Waals surface area contributed by atoms with Gasteiger partial charge in [0.05, 0.1) is 12.2 Å². The molecule has 0 saturated heterocycles. The summed E-state index contributed by atoms with van der Waals surface area (Å²) in [5.41, 5.74) is 4.38. The Bertz CT molecular complexity index is 824. The molecule has 5 heteroatoms. The van der Waals surface area contributed by atoms with E-state index in [2.05, 4.69) is 27.5 Å². The van der Waals surface area contributed by atoms with Crippen LogP contribution >= 0.6 is 0 Å². The maximum absolute atomic E-state index is 12.1. The van der Waals surface area contributed by atoms with Crippen molar-refractivity contribution in [3.63, 3.8) is 0 Å². The van der Waals surface area contributed by atoms with E-state index in [-0.39, 0.29) is 11.9 Å². The second-order valence-corrected chi connectivity index (χ2v) is 6.18. The number of nitrogens with one attached hydrogen (secondary N) is 1. The standard InChI is InChI=1S/C20H22N4O/c1-15-12-22-24(14-15)11-9-20(25)23-16(2)17-5-7-18(8-6-17)19-4-3-10-21-13-19/h3-8,10,12-14,16H,9,11H2,1-2H3,(H,23,25). The third kappa shape index (κ3) is 4.53. The summed E-state index contributed by atoms with van der Waals surface area (Å²) in [6.45, 7) is 4.57. The van der Waals surface area contributed by atoms with E-state index >= 15 is 0 Å². The number of aryl methyl sites for hydroxylation is 2. The van der Waals surface area contributed by atoms with Gasteiger partial charge in [-0.3, -0.25) is 14.5 Å². The van der Waals surface area contributed by atoms with E-state index in [0.29, 0.717) is 13.0 Å². The second kappa shape index (κ2) is 7.75. The van der Waals surface area contributed by atoms with E-state index in [0.717, 1.165) is 22.3 Å². The van der Waals surface area contributed by atoms with E-state index in [4.69, 9.17) is 0 Å². The number of hydrogen-bond acceptors (Lipinski definition) is 3. The zero-order chi connectivity index (χ0) is 17.6. The van der Waals surface area contributed by atoms with Crippen molar-refractivity contribution < 1.29 is 4.79 Å². The first kappa shape index (κ1) is 16.9. The molecular formula is C20H22N4O. The smallest absolute Gasteiger partial charge is 0.222 e. The topological polar surface area (TPSA) is 59.8 Å². The third-order valence-electron chi connectivity index (χ3n) is 4.11. The summed E-state index contributed by atoms with van der Waals surface area (Å²) in [6, 6.07) is 12.1. The number of carbonyl (C=O) groups excluding carboxylic acids is 1. The number of benzene rings is 1. The van der Waals surface area contributed by atoms with Gasteiger partial charge in [-0.2, -0.15) is 5.10 Å². The van der Waals surface area contributed by atoms with Gasteiger partial charge in [0.25, 0.3) is 0 Å². The average molecular weight is 334 g/mol. The van der Waals surface area contributed by atoms with Gasteiger partial charge in [-0.1, -0.05) is 30.3 Å². The Morgan fingerprint density at radius 1 is 1.16 bits per heavy atom. The van der Waals surface area contributed by atoms with Gasteiger partial charge in [0.1, 0.15) is 0 Å². The Balaban J connectivity index is 1.55. The number of pyridine rings is 1. The van der Waals surface area contributed by atoms with Gasteiger partial charge in [-0.15, -0.1) is 0 Å². The van der Waals surface area contributed by atoms with Crippen LogP contribution in [0.5, 0.6) is 0 Å². The van der Waals surface area contributed by atoms with Crippen LogP contribution in [0.4, 0.5) is 0 Å². The quantitative estimate of drug-likeness (QED) is 0.750. The molecule has 0 bridgehead atoms. The number of amides is 1. The molecule has 0 saturated carbocycles. The summed E-state index contributed by atoms with van der Waals surface area (Å²) in [6.07, 6.45) is 7.76. The summed E-state index contributed by atoms with van der Waals surface area (Å²) >= 11 is 0. The van der Waals surface area contributed by atoms with E-state index < -0.39 is 0 Å². The minimum Gasteiger partial charge on any atom is -0.350 e. The van der Waals surface area contributed by atoms with Crippen molar-refractivity contribution >= 4 is 5.91 Å². The first-order chi connectivity index (χ1) is 12.1. The Morgan fingerprint density at radius 3 is 2.60 bits per heavy atom. The molecule has 25 heavy (non-hydrogen) atoms. The number of rotatable bonds is 6. The molecule has 0 radical (unpaired) electrons. The monoisotopic (exact) mass is 334 g/mol. The van der Waals surface area contributed by atoms with Crippen LogP contribution in [0, 0.1) is 6.92 Å². The highest BCUT2D eigenvalue weighted by molar-refractivity contribution is 5.76. The molecule has 1 atom stereocenters. The molecule has 3 rings (SSSR count). The van der Waals surface area contributed by atoms with Crippen LogP contribution in [0.1, 0.15) is 30.5 Å². The van der Waals surface area contributed by atoms with Gasteiger partial charge < -0.3 is 5.32 Å². The Kier molecular flexibility index (Phi) is 5.23. The van der Waals surface area contributed by atoms with Crippen LogP contribution < -0.4 is 5.32 Å². The lowest BCUT2D eigenvalue weighted by Gasteiger charge is -2.15. The third-order valence-corrected chi connectivity index (χ3v) is 4.11. The maximum Gasteiger partial charge on any atom is 0.222 e. The summed E-state index contributed by atoms with van der Waals surface area (Å²) in [7, 11) is 0. The van der Waals surface area contributed by atoms with Crippen LogP contribution in [0.3, 0.4) is 0 Å². The van der Waals surface area contributed by atoms with Crippen molar-refractivity contribution in [2.24, 2.45) is 0 Å². The summed E-state index contributed by atoms with van der Waals surface area (Å²) < 4.78 is 1.79. The molecule has 128 valence electrons. The molecule has 0 aliphatic heterocycles. The van der Waals surface area contributed by atoms with Gasteiger partial charge in [-0.05, 0) is 42.2 Å². The van der Waals surface area contributed by atoms with Crippen molar-refractivity contribution in [1.82, 2.24) is 20.1 Å². The van der Waals surface area contributed by atoms with Gasteiger partial charge >= 0.3 is 0 Å². The molecule has 0 spiro atoms. The van der Waals surface area contributed by atoms with E-state index in [1.54, 1.807) is 17.1 Å². The van der Waals surface area contributed by atoms with Gasteiger partial charge in [0, 0.05) is 31.6 Å². The maximum atomic E-state index is 12.1. The molecule has 0 aliphatic carbocycles. The number of nitrogens with zero attached hydrogens (tertiary/aromatic N) is 3. The highest BCUT2D eigenvalue weighted by Gasteiger charge is 2.10. The molecule has 2 aromatic heterocycles. The Labute approximate surface area is 147 Å². The molecule has 1 N–H and O–H groups in total. The fourth-order valence-electron chi connectivity index (χ4n) is 2.70. The molecule has 5 nitrogen and oxygen atoms in total. The first-order valence-electron chi connectivity index (χ1n) is 8.40. The van der Waals surface area contributed by atoms with Crippen LogP contribution in [-0.2, 0) is 11.3 Å². The molecule has 2 heterocycles. The number of carbonyl (C=O) groups is 1. The predicted molar refractivity (Wildman–Crippen MR) is 97.8 cm³/mol. The second-order valence-electron chi connectivity index (χ2n) is 6.18. The van der Waals surface area contributed by atoms with Crippen LogP contribution in [0.25, 0.3) is 11.1 Å². The van der Waals surface area contributed by atoms with Crippen LogP contribution in [0.2, 0.25) is 0 Å². The lowest BCUT2D eigenvalue weighted by Crippen LogP contribution is -2.27. The van der Waals surface area contributed by atoms with E-state index in [9.17, 15) is 4.79 Å². The summed E-state index contributed by atoms with van der Waals surface area (Å²) in [4.78, 5) is 16.3. The number of aromatic nitrogens is 3. The van der Waals surface area contributed by atoms with Crippen molar-refractivity contribution in [2.45, 2.75) is 32.9 Å². The lowest BCUT2D eigenvalue weighted by atomic mass is 10.0. The minimum atomic E-state index is -0.0326. The fourth-order valence-corrected chi connectivity index (χ4v) is 2.70. The molecule has 1 unspecified atom stereocenters. The Morgan fingerprint density at radius 2 is 1.96 bits per heavy atom. The molecule has 3 aromatic rings. The van der Waals surface area contributed by atoms with E-state index in [1.807, 2.05) is 50.5 Å². The van der Waals surface area contributed by atoms with Crippen LogP contribution in [0.15, 0.2) is 61.2 Å². The average Bonchev–Trinajstić information content (AvgIpc) is 3.06. The van der Waals surface area contributed by atoms with Gasteiger partial charge in [-0.25, -0.2) is 0 Å². The number of hydrogen-bond donors (Lipinski definition) is 1. The molecular weight excluding hydrogens is 312 g/mol. The summed E-state index contributed by atoms with van der Waals surface area (Å²) in [5, 5.41) is 7.24. The largest absolute Gasteiger partial charge is 0.350 e. The zero-order valence-corrected chi connectivity index (χ0v) is 14.5.